The molecule has 0 aromatic heterocycles. The molecule has 1 aromatic rings. The molecule has 0 heterocycles. The third kappa shape index (κ3) is 3.27. The number of ether oxygens (including phenoxy) is 1. The number of benzene rings is 1. The fraction of sp³-hybridized carbons (Fsp3) is 0.538. The average Bonchev–Trinajstić information content (AvgIpc) is 2.35. The highest BCUT2D eigenvalue weighted by atomic mass is 35.5. The van der Waals surface area contributed by atoms with Crippen molar-refractivity contribution >= 4 is 17.3 Å². The lowest BCUT2D eigenvalue weighted by molar-refractivity contribution is 0.126. The fourth-order valence-corrected chi connectivity index (χ4v) is 2.35. The summed E-state index contributed by atoms with van der Waals surface area (Å²) >= 11 is 6.13. The van der Waals surface area contributed by atoms with Gasteiger partial charge in [0.05, 0.1) is 23.9 Å². The van der Waals surface area contributed by atoms with Gasteiger partial charge in [-0.3, -0.25) is 0 Å². The van der Waals surface area contributed by atoms with Crippen LogP contribution in [0.25, 0.3) is 0 Å². The number of rotatable bonds is 3. The Kier molecular flexibility index (Phi) is 4.13. The standard InChI is InChI=1S/C13H18ClNO2/c1-17-11-6-7-12(14)13(8-11)15-9-2-4-10(16)5-3-9/h6-10,15-16H,2-5H2,1H3. The van der Waals surface area contributed by atoms with E-state index in [1.165, 1.54) is 0 Å². The second kappa shape index (κ2) is 5.61. The quantitative estimate of drug-likeness (QED) is 0.872. The Morgan fingerprint density at radius 1 is 1.29 bits per heavy atom. The van der Waals surface area contributed by atoms with Gasteiger partial charge in [0, 0.05) is 12.1 Å². The topological polar surface area (TPSA) is 41.5 Å². The van der Waals surface area contributed by atoms with Gasteiger partial charge in [-0.05, 0) is 37.8 Å². The number of anilines is 1. The van der Waals surface area contributed by atoms with E-state index in [2.05, 4.69) is 5.32 Å². The van der Waals surface area contributed by atoms with Crippen molar-refractivity contribution in [2.75, 3.05) is 12.4 Å². The summed E-state index contributed by atoms with van der Waals surface area (Å²) in [7, 11) is 1.64. The summed E-state index contributed by atoms with van der Waals surface area (Å²) in [6.07, 6.45) is 3.55. The fourth-order valence-electron chi connectivity index (χ4n) is 2.18. The predicted molar refractivity (Wildman–Crippen MR) is 69.9 cm³/mol. The molecule has 0 spiro atoms. The van der Waals surface area contributed by atoms with E-state index >= 15 is 0 Å². The maximum Gasteiger partial charge on any atom is 0.121 e. The Labute approximate surface area is 107 Å². The number of aliphatic hydroxyl groups excluding tert-OH is 1. The summed E-state index contributed by atoms with van der Waals surface area (Å²) < 4.78 is 5.18. The summed E-state index contributed by atoms with van der Waals surface area (Å²) in [5, 5.41) is 13.6. The highest BCUT2D eigenvalue weighted by Crippen LogP contribution is 2.29. The first kappa shape index (κ1) is 12.5. The first-order chi connectivity index (χ1) is 8.19. The van der Waals surface area contributed by atoms with E-state index in [1.807, 2.05) is 18.2 Å². The van der Waals surface area contributed by atoms with Crippen LogP contribution in [0.4, 0.5) is 5.69 Å². The monoisotopic (exact) mass is 255 g/mol. The minimum atomic E-state index is -0.131. The van der Waals surface area contributed by atoms with E-state index in [0.717, 1.165) is 37.1 Å². The van der Waals surface area contributed by atoms with Crippen molar-refractivity contribution in [2.45, 2.75) is 37.8 Å². The van der Waals surface area contributed by atoms with E-state index in [4.69, 9.17) is 16.3 Å². The van der Waals surface area contributed by atoms with Crippen LogP contribution in [0.2, 0.25) is 5.02 Å². The van der Waals surface area contributed by atoms with Gasteiger partial charge in [-0.2, -0.15) is 0 Å². The van der Waals surface area contributed by atoms with E-state index in [9.17, 15) is 5.11 Å². The molecular formula is C13H18ClNO2. The third-order valence-electron chi connectivity index (χ3n) is 3.23. The van der Waals surface area contributed by atoms with Crippen LogP contribution in [0.5, 0.6) is 5.75 Å². The molecule has 94 valence electrons. The zero-order chi connectivity index (χ0) is 12.3. The molecule has 0 radical (unpaired) electrons. The zero-order valence-corrected chi connectivity index (χ0v) is 10.7. The van der Waals surface area contributed by atoms with Gasteiger partial charge < -0.3 is 15.2 Å². The van der Waals surface area contributed by atoms with Gasteiger partial charge >= 0.3 is 0 Å². The van der Waals surface area contributed by atoms with Crippen LogP contribution in [-0.2, 0) is 0 Å². The van der Waals surface area contributed by atoms with Crippen LogP contribution < -0.4 is 10.1 Å². The van der Waals surface area contributed by atoms with E-state index < -0.39 is 0 Å². The van der Waals surface area contributed by atoms with Gasteiger partial charge in [-0.1, -0.05) is 11.6 Å². The second-order valence-electron chi connectivity index (χ2n) is 4.50. The molecule has 2 N–H and O–H groups in total. The highest BCUT2D eigenvalue weighted by molar-refractivity contribution is 6.33. The number of hydrogen-bond donors (Lipinski definition) is 2. The molecule has 2 rings (SSSR count). The third-order valence-corrected chi connectivity index (χ3v) is 3.56. The van der Waals surface area contributed by atoms with Gasteiger partial charge in [0.2, 0.25) is 0 Å². The lowest BCUT2D eigenvalue weighted by Crippen LogP contribution is -2.28. The minimum absolute atomic E-state index is 0.131. The van der Waals surface area contributed by atoms with Gasteiger partial charge in [-0.15, -0.1) is 0 Å². The molecule has 1 aliphatic rings. The molecular weight excluding hydrogens is 238 g/mol. The number of methoxy groups -OCH3 is 1. The van der Waals surface area contributed by atoms with Crippen molar-refractivity contribution in [3.05, 3.63) is 23.2 Å². The molecule has 4 heteroatoms. The van der Waals surface area contributed by atoms with Gasteiger partial charge in [0.15, 0.2) is 0 Å². The average molecular weight is 256 g/mol. The van der Waals surface area contributed by atoms with E-state index in [0.29, 0.717) is 11.1 Å². The van der Waals surface area contributed by atoms with Crippen LogP contribution in [0.3, 0.4) is 0 Å². The Balaban J connectivity index is 2.02. The van der Waals surface area contributed by atoms with Crippen molar-refractivity contribution in [1.29, 1.82) is 0 Å². The van der Waals surface area contributed by atoms with Crippen LogP contribution >= 0.6 is 11.6 Å². The predicted octanol–water partition coefficient (Wildman–Crippen LogP) is 3.06. The molecule has 0 bridgehead atoms. The molecule has 0 amide bonds. The molecule has 0 saturated heterocycles. The smallest absolute Gasteiger partial charge is 0.121 e. The molecule has 1 saturated carbocycles. The van der Waals surface area contributed by atoms with Crippen molar-refractivity contribution in [3.63, 3.8) is 0 Å². The lowest BCUT2D eigenvalue weighted by Gasteiger charge is -2.27. The molecule has 1 aliphatic carbocycles. The number of hydrogen-bond acceptors (Lipinski definition) is 3. The second-order valence-corrected chi connectivity index (χ2v) is 4.90. The van der Waals surface area contributed by atoms with Gasteiger partial charge in [0.25, 0.3) is 0 Å². The normalized spacial score (nSPS) is 24.4. The number of aliphatic hydroxyl groups is 1. The Hall–Kier alpha value is -0.930. The summed E-state index contributed by atoms with van der Waals surface area (Å²) in [5.74, 6) is 0.799. The van der Waals surface area contributed by atoms with E-state index in [1.54, 1.807) is 7.11 Å². The Morgan fingerprint density at radius 2 is 2.00 bits per heavy atom. The molecule has 1 aromatic carbocycles. The van der Waals surface area contributed by atoms with Crippen LogP contribution in [-0.4, -0.2) is 24.4 Å². The summed E-state index contributed by atoms with van der Waals surface area (Å²) in [6.45, 7) is 0. The molecule has 0 unspecified atom stereocenters. The minimum Gasteiger partial charge on any atom is -0.497 e. The molecule has 17 heavy (non-hydrogen) atoms. The molecule has 0 atom stereocenters. The zero-order valence-electron chi connectivity index (χ0n) is 9.95. The number of halogens is 1. The van der Waals surface area contributed by atoms with Crippen LogP contribution in [0, 0.1) is 0 Å². The summed E-state index contributed by atoms with van der Waals surface area (Å²) in [6, 6.07) is 5.98. The van der Waals surface area contributed by atoms with Crippen LogP contribution in [0.1, 0.15) is 25.7 Å². The van der Waals surface area contributed by atoms with E-state index in [-0.39, 0.29) is 6.10 Å². The summed E-state index contributed by atoms with van der Waals surface area (Å²) in [4.78, 5) is 0. The first-order valence-electron chi connectivity index (χ1n) is 5.97. The largest absolute Gasteiger partial charge is 0.497 e. The Morgan fingerprint density at radius 3 is 2.65 bits per heavy atom. The highest BCUT2D eigenvalue weighted by Gasteiger charge is 2.19. The maximum atomic E-state index is 9.46. The van der Waals surface area contributed by atoms with Gasteiger partial charge in [-0.25, -0.2) is 0 Å². The molecule has 3 nitrogen and oxygen atoms in total. The maximum absolute atomic E-state index is 9.46. The molecule has 0 aliphatic heterocycles. The first-order valence-corrected chi connectivity index (χ1v) is 6.35. The van der Waals surface area contributed by atoms with Crippen molar-refractivity contribution in [3.8, 4) is 5.75 Å². The summed E-state index contributed by atoms with van der Waals surface area (Å²) in [5.41, 5.74) is 0.910. The van der Waals surface area contributed by atoms with Crippen LogP contribution in [0.15, 0.2) is 18.2 Å². The van der Waals surface area contributed by atoms with Crippen molar-refractivity contribution in [1.82, 2.24) is 0 Å². The van der Waals surface area contributed by atoms with Crippen molar-refractivity contribution < 1.29 is 9.84 Å². The number of nitrogens with one attached hydrogen (secondary N) is 1. The Bertz CT molecular complexity index is 376. The lowest BCUT2D eigenvalue weighted by atomic mass is 9.93. The SMILES string of the molecule is COc1ccc(Cl)c(NC2CCC(O)CC2)c1. The van der Waals surface area contributed by atoms with Crippen molar-refractivity contribution in [2.24, 2.45) is 0 Å². The molecule has 1 fully saturated rings. The van der Waals surface area contributed by atoms with Gasteiger partial charge in [0.1, 0.15) is 5.75 Å².